The average Bonchev–Trinajstić information content (AvgIpc) is 2.60. The Bertz CT molecular complexity index is 552. The number of benzene rings is 1. The number of Topliss-reactive ketones (excluding diaryl/α,β-unsaturated/α-hetero) is 1. The third-order valence-corrected chi connectivity index (χ3v) is 3.84. The fourth-order valence-corrected chi connectivity index (χ4v) is 2.48. The summed E-state index contributed by atoms with van der Waals surface area (Å²) >= 11 is 3.42. The molecule has 0 spiro atoms. The Hall–Kier alpha value is -1.09. The Morgan fingerprint density at radius 2 is 2.19 bits per heavy atom. The van der Waals surface area contributed by atoms with Crippen LogP contribution in [0.2, 0.25) is 0 Å². The number of hydrogen-bond donors (Lipinski definition) is 0. The van der Waals surface area contributed by atoms with Crippen LogP contribution in [0.25, 0.3) is 11.0 Å². The quantitative estimate of drug-likeness (QED) is 0.772. The van der Waals surface area contributed by atoms with Crippen molar-refractivity contribution in [3.8, 4) is 0 Å². The highest BCUT2D eigenvalue weighted by atomic mass is 79.9. The van der Waals surface area contributed by atoms with Gasteiger partial charge in [-0.1, -0.05) is 18.6 Å². The Morgan fingerprint density at radius 1 is 1.38 bits per heavy atom. The minimum Gasteiger partial charge on any atom is -0.452 e. The number of ketones is 1. The average molecular weight is 279 g/mol. The zero-order valence-corrected chi connectivity index (χ0v) is 10.3. The van der Waals surface area contributed by atoms with Gasteiger partial charge in [0, 0.05) is 11.3 Å². The maximum absolute atomic E-state index is 12.0. The summed E-state index contributed by atoms with van der Waals surface area (Å²) < 4.78 is 6.52. The maximum atomic E-state index is 12.0. The topological polar surface area (TPSA) is 30.2 Å². The number of fused-ring (bicyclic) bond motifs is 1. The highest BCUT2D eigenvalue weighted by Crippen LogP contribution is 2.33. The molecule has 0 unspecified atom stereocenters. The molecule has 0 radical (unpaired) electrons. The lowest BCUT2D eigenvalue weighted by Gasteiger charge is -2.22. The van der Waals surface area contributed by atoms with Crippen molar-refractivity contribution in [3.05, 3.63) is 34.5 Å². The molecule has 1 aromatic heterocycles. The normalized spacial score (nSPS) is 16.3. The predicted molar refractivity (Wildman–Crippen MR) is 65.6 cm³/mol. The zero-order valence-electron chi connectivity index (χ0n) is 8.70. The van der Waals surface area contributed by atoms with Gasteiger partial charge in [-0.3, -0.25) is 4.79 Å². The first-order chi connectivity index (χ1) is 7.75. The van der Waals surface area contributed by atoms with Gasteiger partial charge in [0.2, 0.25) is 5.78 Å². The highest BCUT2D eigenvalue weighted by molar-refractivity contribution is 9.10. The zero-order chi connectivity index (χ0) is 11.1. The van der Waals surface area contributed by atoms with Crippen LogP contribution in [-0.2, 0) is 0 Å². The summed E-state index contributed by atoms with van der Waals surface area (Å²) in [4.78, 5) is 12.0. The van der Waals surface area contributed by atoms with Gasteiger partial charge in [0.05, 0.1) is 4.47 Å². The smallest absolute Gasteiger partial charge is 0.201 e. The van der Waals surface area contributed by atoms with Crippen LogP contribution in [0, 0.1) is 5.92 Å². The summed E-state index contributed by atoms with van der Waals surface area (Å²) in [5.41, 5.74) is 0.769. The van der Waals surface area contributed by atoms with Gasteiger partial charge < -0.3 is 4.42 Å². The van der Waals surface area contributed by atoms with E-state index in [9.17, 15) is 4.79 Å². The molecule has 2 aromatic rings. The van der Waals surface area contributed by atoms with Crippen molar-refractivity contribution in [2.24, 2.45) is 5.92 Å². The van der Waals surface area contributed by atoms with Crippen LogP contribution in [0.15, 0.2) is 33.2 Å². The van der Waals surface area contributed by atoms with Crippen molar-refractivity contribution >= 4 is 32.7 Å². The van der Waals surface area contributed by atoms with E-state index < -0.39 is 0 Å². The molecule has 3 heteroatoms. The fourth-order valence-electron chi connectivity index (χ4n) is 2.02. The number of hydrogen-bond acceptors (Lipinski definition) is 2. The van der Waals surface area contributed by atoms with Gasteiger partial charge in [-0.15, -0.1) is 0 Å². The molecular formula is C13H11BrO2. The molecule has 2 nitrogen and oxygen atoms in total. The van der Waals surface area contributed by atoms with Crippen molar-refractivity contribution in [3.63, 3.8) is 0 Å². The third-order valence-electron chi connectivity index (χ3n) is 3.21. The molecule has 1 aliphatic rings. The van der Waals surface area contributed by atoms with Crippen LogP contribution < -0.4 is 0 Å². The number of carbonyl (C=O) groups excluding carboxylic acids is 1. The van der Waals surface area contributed by atoms with Gasteiger partial charge in [-0.05, 0) is 40.9 Å². The summed E-state index contributed by atoms with van der Waals surface area (Å²) in [5.74, 6) is 0.861. The van der Waals surface area contributed by atoms with Gasteiger partial charge in [0.15, 0.2) is 5.76 Å². The first-order valence-corrected chi connectivity index (χ1v) is 6.27. The van der Waals surface area contributed by atoms with E-state index in [0.717, 1.165) is 28.3 Å². The number of carbonyl (C=O) groups is 1. The highest BCUT2D eigenvalue weighted by Gasteiger charge is 2.28. The maximum Gasteiger partial charge on any atom is 0.201 e. The second-order valence-corrected chi connectivity index (χ2v) is 5.12. The fraction of sp³-hybridized carbons (Fsp3) is 0.308. The summed E-state index contributed by atoms with van der Waals surface area (Å²) in [6.07, 6.45) is 3.19. The number of furan rings is 1. The summed E-state index contributed by atoms with van der Waals surface area (Å²) in [6, 6.07) is 7.67. The first-order valence-electron chi connectivity index (χ1n) is 5.48. The van der Waals surface area contributed by atoms with E-state index in [2.05, 4.69) is 15.9 Å². The third kappa shape index (κ3) is 1.50. The molecule has 0 atom stereocenters. The molecule has 0 bridgehead atoms. The largest absolute Gasteiger partial charge is 0.452 e. The Kier molecular flexibility index (Phi) is 2.36. The van der Waals surface area contributed by atoms with E-state index in [4.69, 9.17) is 4.42 Å². The van der Waals surface area contributed by atoms with Crippen LogP contribution in [0.5, 0.6) is 0 Å². The van der Waals surface area contributed by atoms with Gasteiger partial charge in [0.25, 0.3) is 0 Å². The molecule has 1 heterocycles. The molecule has 1 aromatic carbocycles. The Labute approximate surface area is 102 Å². The van der Waals surface area contributed by atoms with Gasteiger partial charge in [-0.25, -0.2) is 0 Å². The number of rotatable bonds is 2. The van der Waals surface area contributed by atoms with E-state index in [1.165, 1.54) is 6.42 Å². The van der Waals surface area contributed by atoms with Crippen LogP contribution >= 0.6 is 15.9 Å². The second kappa shape index (κ2) is 3.74. The molecule has 0 aliphatic heterocycles. The summed E-state index contributed by atoms with van der Waals surface area (Å²) in [7, 11) is 0. The molecule has 0 amide bonds. The second-order valence-electron chi connectivity index (χ2n) is 4.26. The van der Waals surface area contributed by atoms with Crippen molar-refractivity contribution in [2.75, 3.05) is 0 Å². The van der Waals surface area contributed by atoms with Crippen LogP contribution in [0.1, 0.15) is 29.8 Å². The van der Waals surface area contributed by atoms with Crippen molar-refractivity contribution in [2.45, 2.75) is 19.3 Å². The molecule has 1 aliphatic carbocycles. The summed E-state index contributed by atoms with van der Waals surface area (Å²) in [5, 5.41) is 0.983. The molecular weight excluding hydrogens is 268 g/mol. The number of para-hydroxylation sites is 1. The van der Waals surface area contributed by atoms with E-state index in [1.54, 1.807) is 0 Å². The standard InChI is InChI=1S/C13H11BrO2/c14-10-6-2-5-9-7-11(16-13(9)10)12(15)8-3-1-4-8/h2,5-8H,1,3-4H2. The Balaban J connectivity index is 2.04. The van der Waals surface area contributed by atoms with Gasteiger partial charge >= 0.3 is 0 Å². The van der Waals surface area contributed by atoms with E-state index >= 15 is 0 Å². The van der Waals surface area contributed by atoms with Crippen molar-refractivity contribution < 1.29 is 9.21 Å². The first kappa shape index (κ1) is 10.1. The van der Waals surface area contributed by atoms with Crippen molar-refractivity contribution in [1.29, 1.82) is 0 Å². The van der Waals surface area contributed by atoms with Crippen molar-refractivity contribution in [1.82, 2.24) is 0 Å². The molecule has 1 fully saturated rings. The lowest BCUT2D eigenvalue weighted by molar-refractivity contribution is 0.0828. The predicted octanol–water partition coefficient (Wildman–Crippen LogP) is 4.18. The lowest BCUT2D eigenvalue weighted by Crippen LogP contribution is -2.21. The minimum absolute atomic E-state index is 0.161. The molecule has 0 N–H and O–H groups in total. The monoisotopic (exact) mass is 278 g/mol. The summed E-state index contributed by atoms with van der Waals surface area (Å²) in [6.45, 7) is 0. The lowest BCUT2D eigenvalue weighted by atomic mass is 9.81. The molecule has 0 saturated heterocycles. The van der Waals surface area contributed by atoms with Gasteiger partial charge in [-0.2, -0.15) is 0 Å². The molecule has 1 saturated carbocycles. The molecule has 3 rings (SSSR count). The van der Waals surface area contributed by atoms with Crippen LogP contribution in [-0.4, -0.2) is 5.78 Å². The molecule has 82 valence electrons. The van der Waals surface area contributed by atoms with E-state index in [-0.39, 0.29) is 11.7 Å². The van der Waals surface area contributed by atoms with Gasteiger partial charge in [0.1, 0.15) is 5.58 Å². The minimum atomic E-state index is 0.161. The Morgan fingerprint density at radius 3 is 2.81 bits per heavy atom. The number of halogens is 1. The van der Waals surface area contributed by atoms with Crippen LogP contribution in [0.3, 0.4) is 0 Å². The van der Waals surface area contributed by atoms with Crippen LogP contribution in [0.4, 0.5) is 0 Å². The molecule has 16 heavy (non-hydrogen) atoms. The van der Waals surface area contributed by atoms with E-state index in [1.807, 2.05) is 24.3 Å². The van der Waals surface area contributed by atoms with E-state index in [0.29, 0.717) is 5.76 Å². The SMILES string of the molecule is O=C(c1cc2cccc(Br)c2o1)C1CCC1.